The highest BCUT2D eigenvalue weighted by Gasteiger charge is 2.07. The van der Waals surface area contributed by atoms with Gasteiger partial charge in [0.05, 0.1) is 5.75 Å². The molecule has 0 saturated heterocycles. The van der Waals surface area contributed by atoms with Crippen LogP contribution < -0.4 is 5.32 Å². The minimum absolute atomic E-state index is 0.0142. The van der Waals surface area contributed by atoms with Crippen LogP contribution in [0.3, 0.4) is 0 Å². The molecule has 0 rings (SSSR count). The van der Waals surface area contributed by atoms with E-state index in [1.165, 1.54) is 11.8 Å². The summed E-state index contributed by atoms with van der Waals surface area (Å²) >= 11 is 1.47. The average molecular weight is 219 g/mol. The zero-order valence-corrected chi connectivity index (χ0v) is 9.39. The lowest BCUT2D eigenvalue weighted by Crippen LogP contribution is -2.33. The molecule has 5 heteroatoms. The maximum Gasteiger partial charge on any atom is 0.303 e. The molecule has 0 fully saturated rings. The molecule has 0 aliphatic carbocycles. The highest BCUT2D eigenvalue weighted by atomic mass is 32.2. The standard InChI is InChI=1S/C9H17NO3S/c1-7(4-3-5-9(12)13)10-8(11)6-14-2/h7H,3-6H2,1-2H3,(H,10,11)(H,12,13). The number of hydrogen-bond acceptors (Lipinski definition) is 3. The Morgan fingerprint density at radius 2 is 2.14 bits per heavy atom. The van der Waals surface area contributed by atoms with Crippen LogP contribution in [0.15, 0.2) is 0 Å². The van der Waals surface area contributed by atoms with Crippen LogP contribution in [-0.4, -0.2) is 35.0 Å². The number of thioether (sulfide) groups is 1. The van der Waals surface area contributed by atoms with Crippen molar-refractivity contribution in [2.45, 2.75) is 32.2 Å². The predicted molar refractivity (Wildman–Crippen MR) is 57.5 cm³/mol. The Morgan fingerprint density at radius 3 is 2.64 bits per heavy atom. The molecule has 0 spiro atoms. The van der Waals surface area contributed by atoms with E-state index in [-0.39, 0.29) is 18.4 Å². The average Bonchev–Trinajstić information content (AvgIpc) is 2.03. The molecule has 0 aromatic heterocycles. The van der Waals surface area contributed by atoms with E-state index >= 15 is 0 Å². The fourth-order valence-electron chi connectivity index (χ4n) is 1.08. The van der Waals surface area contributed by atoms with Gasteiger partial charge in [-0.2, -0.15) is 11.8 Å². The van der Waals surface area contributed by atoms with Gasteiger partial charge >= 0.3 is 5.97 Å². The van der Waals surface area contributed by atoms with Crippen LogP contribution >= 0.6 is 11.8 Å². The summed E-state index contributed by atoms with van der Waals surface area (Å²) in [5.74, 6) is -0.309. The molecular weight excluding hydrogens is 202 g/mol. The summed E-state index contributed by atoms with van der Waals surface area (Å²) in [6.45, 7) is 1.89. The van der Waals surface area contributed by atoms with Gasteiger partial charge in [-0.15, -0.1) is 0 Å². The molecule has 0 aromatic carbocycles. The fraction of sp³-hybridized carbons (Fsp3) is 0.778. The maximum atomic E-state index is 11.1. The zero-order valence-electron chi connectivity index (χ0n) is 8.58. The molecule has 14 heavy (non-hydrogen) atoms. The quantitative estimate of drug-likeness (QED) is 0.673. The largest absolute Gasteiger partial charge is 0.481 e. The third-order valence-corrected chi connectivity index (χ3v) is 2.26. The van der Waals surface area contributed by atoms with E-state index < -0.39 is 5.97 Å². The Balaban J connectivity index is 3.49. The number of carbonyl (C=O) groups excluding carboxylic acids is 1. The smallest absolute Gasteiger partial charge is 0.303 e. The van der Waals surface area contributed by atoms with Crippen LogP contribution in [-0.2, 0) is 9.59 Å². The minimum atomic E-state index is -0.785. The topological polar surface area (TPSA) is 66.4 Å². The van der Waals surface area contributed by atoms with Crippen LogP contribution in [0, 0.1) is 0 Å². The minimum Gasteiger partial charge on any atom is -0.481 e. The van der Waals surface area contributed by atoms with Gasteiger partial charge in [-0.05, 0) is 26.0 Å². The fourth-order valence-corrected chi connectivity index (χ4v) is 1.42. The van der Waals surface area contributed by atoms with E-state index in [1.54, 1.807) is 0 Å². The van der Waals surface area contributed by atoms with Gasteiger partial charge in [-0.1, -0.05) is 0 Å². The second-order valence-corrected chi connectivity index (χ2v) is 4.05. The van der Waals surface area contributed by atoms with Gasteiger partial charge in [0, 0.05) is 12.5 Å². The van der Waals surface area contributed by atoms with Crippen molar-refractivity contribution < 1.29 is 14.7 Å². The zero-order chi connectivity index (χ0) is 11.0. The molecule has 1 atom stereocenters. The molecule has 1 unspecified atom stereocenters. The van der Waals surface area contributed by atoms with Crippen molar-refractivity contribution in [3.63, 3.8) is 0 Å². The van der Waals surface area contributed by atoms with Crippen LogP contribution in [0.25, 0.3) is 0 Å². The Labute approximate surface area is 88.4 Å². The summed E-state index contributed by atoms with van der Waals surface area (Å²) in [5.41, 5.74) is 0. The normalized spacial score (nSPS) is 12.1. The number of nitrogens with one attached hydrogen (secondary N) is 1. The molecule has 0 heterocycles. The Bertz CT molecular complexity index is 196. The van der Waals surface area contributed by atoms with E-state index in [9.17, 15) is 9.59 Å². The second kappa shape index (κ2) is 7.67. The number of hydrogen-bond donors (Lipinski definition) is 2. The Hall–Kier alpha value is -0.710. The van der Waals surface area contributed by atoms with Crippen LogP contribution in [0.2, 0.25) is 0 Å². The number of rotatable bonds is 7. The number of amides is 1. The summed E-state index contributed by atoms with van der Waals surface area (Å²) in [7, 11) is 0. The SMILES string of the molecule is CSCC(=O)NC(C)CCCC(=O)O. The molecule has 82 valence electrons. The van der Waals surface area contributed by atoms with E-state index in [4.69, 9.17) is 5.11 Å². The van der Waals surface area contributed by atoms with Gasteiger partial charge in [-0.25, -0.2) is 0 Å². The van der Waals surface area contributed by atoms with Crippen molar-refractivity contribution in [2.75, 3.05) is 12.0 Å². The molecule has 0 bridgehead atoms. The first-order chi connectivity index (χ1) is 6.56. The van der Waals surface area contributed by atoms with Crippen molar-refractivity contribution in [2.24, 2.45) is 0 Å². The summed E-state index contributed by atoms with van der Waals surface area (Å²) in [5, 5.41) is 11.2. The molecule has 2 N–H and O–H groups in total. The number of carboxylic acid groups (broad SMARTS) is 1. The van der Waals surface area contributed by atoms with Crippen molar-refractivity contribution >= 4 is 23.6 Å². The van der Waals surface area contributed by atoms with Gasteiger partial charge < -0.3 is 10.4 Å². The molecule has 1 amide bonds. The molecule has 0 aliphatic heterocycles. The van der Waals surface area contributed by atoms with Gasteiger partial charge in [0.25, 0.3) is 0 Å². The van der Waals surface area contributed by atoms with E-state index in [2.05, 4.69) is 5.32 Å². The maximum absolute atomic E-state index is 11.1. The van der Waals surface area contributed by atoms with Gasteiger partial charge in [0.15, 0.2) is 0 Å². The van der Waals surface area contributed by atoms with Crippen molar-refractivity contribution in [1.82, 2.24) is 5.32 Å². The number of aliphatic carboxylic acids is 1. The highest BCUT2D eigenvalue weighted by Crippen LogP contribution is 2.01. The lowest BCUT2D eigenvalue weighted by molar-refractivity contribution is -0.137. The van der Waals surface area contributed by atoms with Crippen molar-refractivity contribution in [3.8, 4) is 0 Å². The van der Waals surface area contributed by atoms with Crippen molar-refractivity contribution in [3.05, 3.63) is 0 Å². The second-order valence-electron chi connectivity index (χ2n) is 3.19. The van der Waals surface area contributed by atoms with E-state index in [1.807, 2.05) is 13.2 Å². The summed E-state index contributed by atoms with van der Waals surface area (Å²) in [6, 6.07) is 0.0639. The first-order valence-corrected chi connectivity index (χ1v) is 5.95. The van der Waals surface area contributed by atoms with Crippen molar-refractivity contribution in [1.29, 1.82) is 0 Å². The predicted octanol–water partition coefficient (Wildman–Crippen LogP) is 1.11. The van der Waals surface area contributed by atoms with Gasteiger partial charge in [0.2, 0.25) is 5.91 Å². The number of carboxylic acids is 1. The molecular formula is C9H17NO3S. The van der Waals surface area contributed by atoms with Crippen LogP contribution in [0.5, 0.6) is 0 Å². The third-order valence-electron chi connectivity index (χ3n) is 1.71. The van der Waals surface area contributed by atoms with E-state index in [0.29, 0.717) is 18.6 Å². The van der Waals surface area contributed by atoms with Gasteiger partial charge in [-0.3, -0.25) is 9.59 Å². The first kappa shape index (κ1) is 13.3. The highest BCUT2D eigenvalue weighted by molar-refractivity contribution is 7.99. The van der Waals surface area contributed by atoms with E-state index in [0.717, 1.165) is 0 Å². The monoisotopic (exact) mass is 219 g/mol. The summed E-state index contributed by atoms with van der Waals surface area (Å²) < 4.78 is 0. The van der Waals surface area contributed by atoms with Crippen LogP contribution in [0.4, 0.5) is 0 Å². The first-order valence-electron chi connectivity index (χ1n) is 4.56. The lowest BCUT2D eigenvalue weighted by atomic mass is 10.1. The summed E-state index contributed by atoms with van der Waals surface area (Å²) in [6.07, 6.45) is 3.36. The third kappa shape index (κ3) is 7.91. The molecule has 0 aromatic rings. The van der Waals surface area contributed by atoms with Gasteiger partial charge in [0.1, 0.15) is 0 Å². The molecule has 0 radical (unpaired) electrons. The van der Waals surface area contributed by atoms with Crippen LogP contribution in [0.1, 0.15) is 26.2 Å². The number of carbonyl (C=O) groups is 2. The molecule has 0 aliphatic rings. The molecule has 4 nitrogen and oxygen atoms in total. The Morgan fingerprint density at radius 1 is 1.50 bits per heavy atom. The lowest BCUT2D eigenvalue weighted by Gasteiger charge is -2.12. The summed E-state index contributed by atoms with van der Waals surface area (Å²) in [4.78, 5) is 21.3. The Kier molecular flexibility index (Phi) is 7.28. The molecule has 0 saturated carbocycles.